The van der Waals surface area contributed by atoms with Crippen LogP contribution in [0.2, 0.25) is 5.02 Å². The summed E-state index contributed by atoms with van der Waals surface area (Å²) in [5, 5.41) is 5.52. The summed E-state index contributed by atoms with van der Waals surface area (Å²) < 4.78 is 77.6. The minimum absolute atomic E-state index is 0.00910. The van der Waals surface area contributed by atoms with E-state index in [0.717, 1.165) is 24.5 Å². The number of para-hydroxylation sites is 1. The highest BCUT2D eigenvalue weighted by atomic mass is 35.5. The van der Waals surface area contributed by atoms with Crippen LogP contribution in [-0.4, -0.2) is 30.4 Å². The van der Waals surface area contributed by atoms with Crippen LogP contribution in [0.25, 0.3) is 5.69 Å². The van der Waals surface area contributed by atoms with Crippen molar-refractivity contribution in [2.24, 2.45) is 0 Å². The molecule has 0 aliphatic rings. The zero-order valence-electron chi connectivity index (χ0n) is 15.0. The fraction of sp³-hybridized carbons (Fsp3) is 0.111. The van der Waals surface area contributed by atoms with Crippen molar-refractivity contribution in [3.63, 3.8) is 0 Å². The Morgan fingerprint density at radius 1 is 1.13 bits per heavy atom. The highest BCUT2D eigenvalue weighted by Crippen LogP contribution is 2.31. The Kier molecular flexibility index (Phi) is 5.61. The van der Waals surface area contributed by atoms with Crippen LogP contribution in [-0.2, 0) is 16.0 Å². The maximum atomic E-state index is 14.1. The van der Waals surface area contributed by atoms with Crippen molar-refractivity contribution in [1.82, 2.24) is 9.78 Å². The second-order valence-corrected chi connectivity index (χ2v) is 8.57. The molecule has 1 amide bonds. The van der Waals surface area contributed by atoms with Crippen LogP contribution in [0.15, 0.2) is 53.4 Å². The predicted octanol–water partition coefficient (Wildman–Crippen LogP) is 4.34. The van der Waals surface area contributed by atoms with Gasteiger partial charge in [0, 0.05) is 12.3 Å². The number of hydrogen-bond donors (Lipinski definition) is 1. The lowest BCUT2D eigenvalue weighted by atomic mass is 10.2. The number of anilines is 1. The number of hydrogen-bond acceptors (Lipinski definition) is 4. The van der Waals surface area contributed by atoms with E-state index in [1.807, 2.05) is 0 Å². The highest BCUT2D eigenvalue weighted by Gasteiger charge is 2.36. The van der Waals surface area contributed by atoms with E-state index >= 15 is 0 Å². The molecule has 0 saturated carbocycles. The molecule has 1 N–H and O–H groups in total. The molecule has 3 rings (SSSR count). The van der Waals surface area contributed by atoms with Crippen LogP contribution in [0.3, 0.4) is 0 Å². The number of nitrogens with one attached hydrogen (secondary N) is 1. The van der Waals surface area contributed by atoms with Gasteiger partial charge in [0.25, 0.3) is 5.91 Å². The standard InChI is InChI=1S/C18H12ClF4N3O3S/c1-30(28,29)10-6-7-12(20)13(8-10)24-17(27)15-9-16(18(21,22)23)25-26(15)14-5-3-2-4-11(14)19/h2-9H,1H3,(H,24,27). The van der Waals surface area contributed by atoms with Gasteiger partial charge in [0.15, 0.2) is 15.5 Å². The molecule has 12 heteroatoms. The van der Waals surface area contributed by atoms with E-state index < -0.39 is 44.8 Å². The first-order chi connectivity index (χ1) is 13.9. The van der Waals surface area contributed by atoms with E-state index in [2.05, 4.69) is 10.4 Å². The molecule has 0 radical (unpaired) electrons. The number of sulfone groups is 1. The lowest BCUT2D eigenvalue weighted by Gasteiger charge is -2.11. The van der Waals surface area contributed by atoms with E-state index in [0.29, 0.717) is 10.7 Å². The van der Waals surface area contributed by atoms with Gasteiger partial charge < -0.3 is 5.32 Å². The monoisotopic (exact) mass is 461 g/mol. The second kappa shape index (κ2) is 7.73. The number of carbonyl (C=O) groups excluding carboxylic acids is 1. The van der Waals surface area contributed by atoms with Crippen LogP contribution in [0, 0.1) is 5.82 Å². The fourth-order valence-electron chi connectivity index (χ4n) is 2.51. The summed E-state index contributed by atoms with van der Waals surface area (Å²) in [5.74, 6) is -2.13. The number of rotatable bonds is 4. The Bertz CT molecular complexity index is 1240. The van der Waals surface area contributed by atoms with Crippen molar-refractivity contribution in [1.29, 1.82) is 0 Å². The number of nitrogens with zero attached hydrogens (tertiary/aromatic N) is 2. The summed E-state index contributed by atoms with van der Waals surface area (Å²) in [6.07, 6.45) is -3.98. The molecule has 0 unspecified atom stereocenters. The third kappa shape index (κ3) is 4.46. The third-order valence-corrected chi connectivity index (χ3v) is 5.36. The number of aromatic nitrogens is 2. The molecule has 1 aromatic heterocycles. The number of halogens is 5. The van der Waals surface area contributed by atoms with Gasteiger partial charge in [-0.05, 0) is 30.3 Å². The van der Waals surface area contributed by atoms with Crippen LogP contribution in [0.5, 0.6) is 0 Å². The number of benzene rings is 2. The third-order valence-electron chi connectivity index (χ3n) is 3.93. The van der Waals surface area contributed by atoms with Gasteiger partial charge in [0.05, 0.1) is 21.3 Å². The number of amides is 1. The van der Waals surface area contributed by atoms with Gasteiger partial charge in [-0.3, -0.25) is 4.79 Å². The Labute approximate surface area is 173 Å². The molecule has 0 saturated heterocycles. The van der Waals surface area contributed by atoms with E-state index in [9.17, 15) is 30.8 Å². The molecule has 0 spiro atoms. The van der Waals surface area contributed by atoms with Gasteiger partial charge in [0.2, 0.25) is 0 Å². The minimum Gasteiger partial charge on any atom is -0.318 e. The van der Waals surface area contributed by atoms with Gasteiger partial charge in [-0.2, -0.15) is 18.3 Å². The van der Waals surface area contributed by atoms with Crippen molar-refractivity contribution in [2.75, 3.05) is 11.6 Å². The summed E-state index contributed by atoms with van der Waals surface area (Å²) in [7, 11) is -3.72. The first kappa shape index (κ1) is 21.8. The van der Waals surface area contributed by atoms with Crippen molar-refractivity contribution >= 4 is 33.0 Å². The molecular formula is C18H12ClF4N3O3S. The minimum atomic E-state index is -4.86. The molecule has 158 valence electrons. The Hall–Kier alpha value is -2.92. The maximum absolute atomic E-state index is 14.1. The van der Waals surface area contributed by atoms with E-state index in [1.165, 1.54) is 24.3 Å². The van der Waals surface area contributed by atoms with Gasteiger partial charge >= 0.3 is 6.18 Å². The second-order valence-electron chi connectivity index (χ2n) is 6.14. The van der Waals surface area contributed by atoms with Crippen molar-refractivity contribution in [2.45, 2.75) is 11.1 Å². The van der Waals surface area contributed by atoms with Crippen LogP contribution in [0.4, 0.5) is 23.2 Å². The molecule has 0 atom stereocenters. The molecular weight excluding hydrogens is 450 g/mol. The summed E-state index contributed by atoms with van der Waals surface area (Å²) >= 11 is 6.01. The SMILES string of the molecule is CS(=O)(=O)c1ccc(F)c(NC(=O)c2cc(C(F)(F)F)nn2-c2ccccc2Cl)c1. The van der Waals surface area contributed by atoms with E-state index in [-0.39, 0.29) is 15.6 Å². The Morgan fingerprint density at radius 2 is 1.80 bits per heavy atom. The number of carbonyl (C=O) groups is 1. The summed E-state index contributed by atoms with van der Waals surface area (Å²) in [6, 6.07) is 8.91. The Morgan fingerprint density at radius 3 is 2.40 bits per heavy atom. The molecule has 0 aliphatic heterocycles. The van der Waals surface area contributed by atoms with Crippen molar-refractivity contribution in [3.05, 3.63) is 70.8 Å². The zero-order chi connectivity index (χ0) is 22.3. The van der Waals surface area contributed by atoms with Crippen molar-refractivity contribution < 1.29 is 30.8 Å². The molecule has 2 aromatic carbocycles. The quantitative estimate of drug-likeness (QED) is 0.463. The topological polar surface area (TPSA) is 81.1 Å². The Balaban J connectivity index is 2.09. The molecule has 0 fully saturated rings. The zero-order valence-corrected chi connectivity index (χ0v) is 16.6. The van der Waals surface area contributed by atoms with E-state index in [1.54, 1.807) is 0 Å². The summed E-state index contributed by atoms with van der Waals surface area (Å²) in [5.41, 5.74) is -2.48. The summed E-state index contributed by atoms with van der Waals surface area (Å²) in [6.45, 7) is 0. The highest BCUT2D eigenvalue weighted by molar-refractivity contribution is 7.90. The first-order valence-electron chi connectivity index (χ1n) is 8.11. The van der Waals surface area contributed by atoms with E-state index in [4.69, 9.17) is 11.6 Å². The normalized spacial score (nSPS) is 12.1. The average molecular weight is 462 g/mol. The molecule has 3 aromatic rings. The first-order valence-corrected chi connectivity index (χ1v) is 10.4. The smallest absolute Gasteiger partial charge is 0.318 e. The van der Waals surface area contributed by atoms with Gasteiger partial charge in [-0.1, -0.05) is 23.7 Å². The molecule has 1 heterocycles. The van der Waals surface area contributed by atoms with Gasteiger partial charge in [-0.25, -0.2) is 17.5 Å². The fourth-order valence-corrected chi connectivity index (χ4v) is 3.37. The lowest BCUT2D eigenvalue weighted by Crippen LogP contribution is -2.18. The molecule has 0 aliphatic carbocycles. The molecule has 6 nitrogen and oxygen atoms in total. The molecule has 0 bridgehead atoms. The van der Waals surface area contributed by atoms with Gasteiger partial charge in [-0.15, -0.1) is 0 Å². The lowest BCUT2D eigenvalue weighted by molar-refractivity contribution is -0.141. The van der Waals surface area contributed by atoms with Crippen LogP contribution in [0.1, 0.15) is 16.2 Å². The number of alkyl halides is 3. The average Bonchev–Trinajstić information content (AvgIpc) is 3.08. The predicted molar refractivity (Wildman–Crippen MR) is 101 cm³/mol. The van der Waals surface area contributed by atoms with Crippen LogP contribution >= 0.6 is 11.6 Å². The summed E-state index contributed by atoms with van der Waals surface area (Å²) in [4.78, 5) is 12.4. The van der Waals surface area contributed by atoms with Crippen LogP contribution < -0.4 is 5.32 Å². The molecule has 30 heavy (non-hydrogen) atoms. The van der Waals surface area contributed by atoms with Crippen molar-refractivity contribution in [3.8, 4) is 5.69 Å². The maximum Gasteiger partial charge on any atom is 0.435 e. The van der Waals surface area contributed by atoms with Gasteiger partial charge in [0.1, 0.15) is 11.5 Å². The largest absolute Gasteiger partial charge is 0.435 e.